The second-order valence-corrected chi connectivity index (χ2v) is 7.71. The van der Waals surface area contributed by atoms with Crippen molar-refractivity contribution >= 4 is 22.7 Å². The minimum absolute atomic E-state index is 0.753. The van der Waals surface area contributed by atoms with Crippen LogP contribution in [0.3, 0.4) is 0 Å². The highest BCUT2D eigenvalue weighted by Crippen LogP contribution is 2.28. The highest BCUT2D eigenvalue weighted by Gasteiger charge is 2.13. The standard InChI is InChI=1S/C24H29N3OS/c1-5-7-23-22(16-24(26-23)20-10-15-29-17-20)19(4)25-18(3)8-9-21(6-2)27-11-13-28-14-12-27/h5-6,8-10,15-17,26H,1,4,7,11-14H2,2-3H3/b9-8-,21-6?,25-18?. The van der Waals surface area contributed by atoms with Crippen LogP contribution in [0.15, 0.2) is 71.0 Å². The summed E-state index contributed by atoms with van der Waals surface area (Å²) in [5.41, 5.74) is 7.28. The summed E-state index contributed by atoms with van der Waals surface area (Å²) in [6, 6.07) is 4.25. The van der Waals surface area contributed by atoms with Gasteiger partial charge in [0.05, 0.1) is 18.9 Å². The van der Waals surface area contributed by atoms with Gasteiger partial charge in [-0.1, -0.05) is 18.7 Å². The number of aromatic nitrogens is 1. The highest BCUT2D eigenvalue weighted by molar-refractivity contribution is 7.08. The lowest BCUT2D eigenvalue weighted by molar-refractivity contribution is 0.0553. The van der Waals surface area contributed by atoms with Crippen molar-refractivity contribution in [1.29, 1.82) is 0 Å². The molecule has 2 aromatic heterocycles. The van der Waals surface area contributed by atoms with E-state index in [1.54, 1.807) is 11.3 Å². The summed E-state index contributed by atoms with van der Waals surface area (Å²) in [4.78, 5) is 10.6. The molecule has 1 saturated heterocycles. The second-order valence-electron chi connectivity index (χ2n) is 6.93. The number of nitrogens with zero attached hydrogens (tertiary/aromatic N) is 2. The molecule has 29 heavy (non-hydrogen) atoms. The van der Waals surface area contributed by atoms with E-state index in [9.17, 15) is 0 Å². The molecule has 5 heteroatoms. The van der Waals surface area contributed by atoms with Crippen molar-refractivity contribution in [2.24, 2.45) is 4.99 Å². The predicted octanol–water partition coefficient (Wildman–Crippen LogP) is 5.70. The maximum Gasteiger partial charge on any atom is 0.0651 e. The predicted molar refractivity (Wildman–Crippen MR) is 125 cm³/mol. The summed E-state index contributed by atoms with van der Waals surface area (Å²) < 4.78 is 5.44. The molecule has 1 aliphatic heterocycles. The molecule has 0 saturated carbocycles. The molecular weight excluding hydrogens is 378 g/mol. The summed E-state index contributed by atoms with van der Waals surface area (Å²) in [6.07, 6.45) is 8.96. The van der Waals surface area contributed by atoms with Gasteiger partial charge in [0.1, 0.15) is 0 Å². The summed E-state index contributed by atoms with van der Waals surface area (Å²) in [7, 11) is 0. The van der Waals surface area contributed by atoms with E-state index in [0.29, 0.717) is 0 Å². The quantitative estimate of drug-likeness (QED) is 0.347. The molecule has 0 unspecified atom stereocenters. The second kappa shape index (κ2) is 10.2. The van der Waals surface area contributed by atoms with Crippen LogP contribution < -0.4 is 0 Å². The zero-order valence-corrected chi connectivity index (χ0v) is 18.1. The van der Waals surface area contributed by atoms with E-state index in [4.69, 9.17) is 9.73 Å². The fourth-order valence-corrected chi connectivity index (χ4v) is 4.01. The zero-order valence-electron chi connectivity index (χ0n) is 17.3. The maximum absolute atomic E-state index is 5.44. The third kappa shape index (κ3) is 5.46. The van der Waals surface area contributed by atoms with E-state index in [2.05, 4.69) is 71.1 Å². The van der Waals surface area contributed by atoms with Gasteiger partial charge >= 0.3 is 0 Å². The zero-order chi connectivity index (χ0) is 20.6. The fraction of sp³-hybridized carbons (Fsp3) is 0.292. The van der Waals surface area contributed by atoms with Crippen LogP contribution in [0, 0.1) is 0 Å². The van der Waals surface area contributed by atoms with Crippen LogP contribution in [-0.2, 0) is 11.2 Å². The molecule has 0 aromatic carbocycles. The van der Waals surface area contributed by atoms with Crippen LogP contribution in [0.1, 0.15) is 25.1 Å². The lowest BCUT2D eigenvalue weighted by Gasteiger charge is -2.29. The van der Waals surface area contributed by atoms with Crippen LogP contribution in [0.4, 0.5) is 0 Å². The number of aliphatic imine (C=N–C) groups is 1. The fourth-order valence-electron chi connectivity index (χ4n) is 3.36. The largest absolute Gasteiger partial charge is 0.378 e. The first-order valence-corrected chi connectivity index (χ1v) is 10.8. The summed E-state index contributed by atoms with van der Waals surface area (Å²) in [6.45, 7) is 15.6. The minimum Gasteiger partial charge on any atom is -0.378 e. The van der Waals surface area contributed by atoms with Crippen molar-refractivity contribution < 1.29 is 4.74 Å². The number of ether oxygens (including phenoxy) is 1. The molecule has 1 N–H and O–H groups in total. The van der Waals surface area contributed by atoms with Crippen molar-refractivity contribution in [3.63, 3.8) is 0 Å². The molecule has 0 aliphatic carbocycles. The molecule has 3 rings (SSSR count). The summed E-state index contributed by atoms with van der Waals surface area (Å²) in [5, 5.41) is 4.22. The van der Waals surface area contributed by atoms with E-state index >= 15 is 0 Å². The van der Waals surface area contributed by atoms with E-state index in [0.717, 1.165) is 61.1 Å². The molecule has 4 nitrogen and oxygen atoms in total. The van der Waals surface area contributed by atoms with Gasteiger partial charge in [0.2, 0.25) is 0 Å². The lowest BCUT2D eigenvalue weighted by atomic mass is 10.1. The Hall–Kier alpha value is -2.63. The number of thiophene rings is 1. The van der Waals surface area contributed by atoms with Gasteiger partial charge < -0.3 is 14.6 Å². The first-order valence-electron chi connectivity index (χ1n) is 9.89. The van der Waals surface area contributed by atoms with E-state index in [1.807, 2.05) is 13.0 Å². The van der Waals surface area contributed by atoms with Crippen molar-refractivity contribution in [3.8, 4) is 11.3 Å². The minimum atomic E-state index is 0.753. The molecule has 0 amide bonds. The third-order valence-corrected chi connectivity index (χ3v) is 5.55. The van der Waals surface area contributed by atoms with Crippen LogP contribution in [-0.4, -0.2) is 41.9 Å². The SMILES string of the molecule is C=CCc1[nH]c(-c2ccsc2)cc1C(=C)N=C(C)/C=C\C(=CC)N1CCOCC1. The molecule has 0 atom stereocenters. The van der Waals surface area contributed by atoms with Crippen LogP contribution in [0.2, 0.25) is 0 Å². The van der Waals surface area contributed by atoms with Gasteiger partial charge in [0, 0.05) is 58.8 Å². The van der Waals surface area contributed by atoms with E-state index < -0.39 is 0 Å². The molecule has 3 heterocycles. The van der Waals surface area contributed by atoms with Gasteiger partial charge in [-0.25, -0.2) is 0 Å². The summed E-state index contributed by atoms with van der Waals surface area (Å²) in [5.74, 6) is 0. The molecule has 0 bridgehead atoms. The molecule has 152 valence electrons. The van der Waals surface area contributed by atoms with Crippen molar-refractivity contribution in [2.75, 3.05) is 26.3 Å². The van der Waals surface area contributed by atoms with Gasteiger partial charge in [-0.05, 0) is 43.5 Å². The van der Waals surface area contributed by atoms with Gasteiger partial charge in [-0.3, -0.25) is 4.99 Å². The van der Waals surface area contributed by atoms with Gasteiger partial charge in [0.25, 0.3) is 0 Å². The van der Waals surface area contributed by atoms with Crippen molar-refractivity contribution in [2.45, 2.75) is 20.3 Å². The average Bonchev–Trinajstić information content (AvgIpc) is 3.39. The third-order valence-electron chi connectivity index (χ3n) is 4.87. The first-order chi connectivity index (χ1) is 14.1. The van der Waals surface area contributed by atoms with Crippen molar-refractivity contribution in [1.82, 2.24) is 9.88 Å². The number of hydrogen-bond acceptors (Lipinski definition) is 4. The number of morpholine rings is 1. The molecule has 1 fully saturated rings. The Morgan fingerprint density at radius 3 is 2.79 bits per heavy atom. The monoisotopic (exact) mass is 407 g/mol. The Bertz CT molecular complexity index is 925. The molecule has 2 aromatic rings. The molecule has 0 spiro atoms. The Morgan fingerprint density at radius 2 is 2.14 bits per heavy atom. The Labute approximate surface area is 177 Å². The highest BCUT2D eigenvalue weighted by atomic mass is 32.1. The Balaban J connectivity index is 1.77. The van der Waals surface area contributed by atoms with Gasteiger partial charge in [-0.2, -0.15) is 11.3 Å². The normalized spacial score (nSPS) is 15.9. The Morgan fingerprint density at radius 1 is 1.34 bits per heavy atom. The maximum atomic E-state index is 5.44. The Kier molecular flexibility index (Phi) is 7.44. The van der Waals surface area contributed by atoms with Crippen LogP contribution in [0.25, 0.3) is 17.0 Å². The van der Waals surface area contributed by atoms with Crippen LogP contribution in [0.5, 0.6) is 0 Å². The number of hydrogen-bond donors (Lipinski definition) is 1. The van der Waals surface area contributed by atoms with Crippen molar-refractivity contribution in [3.05, 3.63) is 77.3 Å². The number of aromatic amines is 1. The number of H-pyrrole nitrogens is 1. The van der Waals surface area contributed by atoms with Gasteiger partial charge in [0.15, 0.2) is 0 Å². The molecular formula is C24H29N3OS. The smallest absolute Gasteiger partial charge is 0.0651 e. The van der Waals surface area contributed by atoms with Crippen LogP contribution >= 0.6 is 11.3 Å². The number of nitrogens with one attached hydrogen (secondary N) is 1. The number of allylic oxidation sites excluding steroid dienone is 4. The van der Waals surface area contributed by atoms with E-state index in [-0.39, 0.29) is 0 Å². The van der Waals surface area contributed by atoms with Gasteiger partial charge in [-0.15, -0.1) is 6.58 Å². The lowest BCUT2D eigenvalue weighted by Crippen LogP contribution is -2.35. The van der Waals surface area contributed by atoms with E-state index in [1.165, 1.54) is 11.3 Å². The average molecular weight is 408 g/mol. The topological polar surface area (TPSA) is 40.6 Å². The first kappa shape index (κ1) is 21.1. The number of rotatable bonds is 8. The molecule has 1 aliphatic rings. The summed E-state index contributed by atoms with van der Waals surface area (Å²) >= 11 is 1.69. The molecule has 0 radical (unpaired) electrons.